The Hall–Kier alpha value is -2.17. The Labute approximate surface area is 192 Å². The number of hydrogen-bond acceptors (Lipinski definition) is 8. The van der Waals surface area contributed by atoms with Crippen LogP contribution in [-0.4, -0.2) is 27.5 Å². The zero-order valence-corrected chi connectivity index (χ0v) is 19.6. The number of nitrogens with zero attached hydrogens (tertiary/aromatic N) is 2. The minimum Gasteiger partial charge on any atom is -0.383 e. The standard InChI is InChI=1S/C21H23N5O2S3/c1-9-5-6-11-13(7-9)31-19-15(11)17(22)25-21(26-19)29-8-14(27)24-20-16(18(23)28)10-3-2-4-12(10)30-20/h9H,2-8H2,1H3,(H2,23,28)(H,24,27)(H2,22,25,26). The summed E-state index contributed by atoms with van der Waals surface area (Å²) in [5, 5.41) is 4.90. The molecule has 1 unspecified atom stereocenters. The maximum Gasteiger partial charge on any atom is 0.251 e. The molecule has 0 aromatic carbocycles. The number of thioether (sulfide) groups is 1. The van der Waals surface area contributed by atoms with Crippen LogP contribution in [0.25, 0.3) is 10.2 Å². The minimum absolute atomic E-state index is 0.133. The summed E-state index contributed by atoms with van der Waals surface area (Å²) < 4.78 is 0. The summed E-state index contributed by atoms with van der Waals surface area (Å²) in [5.74, 6) is 0.601. The Kier molecular flexibility index (Phi) is 5.39. The molecule has 2 amide bonds. The van der Waals surface area contributed by atoms with Gasteiger partial charge in [0.25, 0.3) is 5.91 Å². The lowest BCUT2D eigenvalue weighted by atomic mass is 9.89. The fourth-order valence-electron chi connectivity index (χ4n) is 4.46. The van der Waals surface area contributed by atoms with Crippen LogP contribution >= 0.6 is 34.4 Å². The molecule has 10 heteroatoms. The lowest BCUT2D eigenvalue weighted by Crippen LogP contribution is -2.19. The number of aryl methyl sites for hydroxylation is 2. The summed E-state index contributed by atoms with van der Waals surface area (Å²) in [5.41, 5.74) is 14.6. The zero-order valence-electron chi connectivity index (χ0n) is 17.1. The lowest BCUT2D eigenvalue weighted by molar-refractivity contribution is -0.113. The first-order valence-corrected chi connectivity index (χ1v) is 13.0. The van der Waals surface area contributed by atoms with E-state index in [1.807, 2.05) is 0 Å². The third-order valence-electron chi connectivity index (χ3n) is 5.92. The molecule has 0 aliphatic heterocycles. The highest BCUT2D eigenvalue weighted by Gasteiger charge is 2.26. The number of rotatable bonds is 5. The van der Waals surface area contributed by atoms with Gasteiger partial charge in [0.05, 0.1) is 16.7 Å². The Morgan fingerprint density at radius 2 is 2.00 bits per heavy atom. The molecule has 162 valence electrons. The number of fused-ring (bicyclic) bond motifs is 4. The van der Waals surface area contributed by atoms with E-state index in [1.54, 1.807) is 11.3 Å². The van der Waals surface area contributed by atoms with Gasteiger partial charge in [0.2, 0.25) is 5.91 Å². The number of amides is 2. The van der Waals surface area contributed by atoms with Crippen LogP contribution in [0.2, 0.25) is 0 Å². The van der Waals surface area contributed by atoms with E-state index in [2.05, 4.69) is 22.2 Å². The van der Waals surface area contributed by atoms with Gasteiger partial charge < -0.3 is 16.8 Å². The summed E-state index contributed by atoms with van der Waals surface area (Å²) in [6.45, 7) is 2.27. The molecule has 0 bridgehead atoms. The average Bonchev–Trinajstić information content (AvgIpc) is 3.37. The van der Waals surface area contributed by atoms with Crippen molar-refractivity contribution in [2.45, 2.75) is 50.6 Å². The maximum absolute atomic E-state index is 12.6. The van der Waals surface area contributed by atoms with Crippen molar-refractivity contribution in [3.05, 3.63) is 26.4 Å². The van der Waals surface area contributed by atoms with Crippen molar-refractivity contribution < 1.29 is 9.59 Å². The highest BCUT2D eigenvalue weighted by atomic mass is 32.2. The van der Waals surface area contributed by atoms with Crippen molar-refractivity contribution in [3.8, 4) is 0 Å². The van der Waals surface area contributed by atoms with E-state index in [0.717, 1.165) is 59.2 Å². The highest BCUT2D eigenvalue weighted by Crippen LogP contribution is 2.41. The number of primary amides is 1. The van der Waals surface area contributed by atoms with Crippen molar-refractivity contribution in [3.63, 3.8) is 0 Å². The van der Waals surface area contributed by atoms with Crippen LogP contribution in [0.4, 0.5) is 10.8 Å². The first-order valence-electron chi connectivity index (χ1n) is 10.4. The van der Waals surface area contributed by atoms with E-state index < -0.39 is 5.91 Å². The Balaban J connectivity index is 1.31. The van der Waals surface area contributed by atoms with Crippen molar-refractivity contribution in [2.75, 3.05) is 16.8 Å². The monoisotopic (exact) mass is 473 g/mol. The molecule has 7 nitrogen and oxygen atoms in total. The van der Waals surface area contributed by atoms with Gasteiger partial charge in [-0.3, -0.25) is 9.59 Å². The minimum atomic E-state index is -0.486. The molecule has 0 radical (unpaired) electrons. The van der Waals surface area contributed by atoms with Gasteiger partial charge in [0.1, 0.15) is 15.6 Å². The molecule has 31 heavy (non-hydrogen) atoms. The largest absolute Gasteiger partial charge is 0.383 e. The number of carbonyl (C=O) groups excluding carboxylic acids is 2. The van der Waals surface area contributed by atoms with Crippen LogP contribution in [0, 0.1) is 5.92 Å². The van der Waals surface area contributed by atoms with Crippen LogP contribution in [0.5, 0.6) is 0 Å². The third kappa shape index (κ3) is 3.81. The molecule has 0 saturated heterocycles. The molecule has 3 aromatic rings. The summed E-state index contributed by atoms with van der Waals surface area (Å²) in [6.07, 6.45) is 6.04. The van der Waals surface area contributed by atoms with Crippen molar-refractivity contribution in [1.82, 2.24) is 9.97 Å². The molecular formula is C21H23N5O2S3. The smallest absolute Gasteiger partial charge is 0.251 e. The van der Waals surface area contributed by atoms with Gasteiger partial charge in [0, 0.05) is 9.75 Å². The van der Waals surface area contributed by atoms with Crippen molar-refractivity contribution in [1.29, 1.82) is 0 Å². The molecule has 2 aliphatic carbocycles. The quantitative estimate of drug-likeness (QED) is 0.383. The SMILES string of the molecule is CC1CCc2c(sc3nc(SCC(=O)Nc4sc5c(c4C(N)=O)CCC5)nc(N)c23)C1. The summed E-state index contributed by atoms with van der Waals surface area (Å²) in [7, 11) is 0. The topological polar surface area (TPSA) is 124 Å². The lowest BCUT2D eigenvalue weighted by Gasteiger charge is -2.17. The van der Waals surface area contributed by atoms with E-state index in [1.165, 1.54) is 33.5 Å². The molecule has 5 rings (SSSR count). The van der Waals surface area contributed by atoms with Gasteiger partial charge in [-0.2, -0.15) is 0 Å². The fraction of sp³-hybridized carbons (Fsp3) is 0.429. The molecule has 3 aromatic heterocycles. The summed E-state index contributed by atoms with van der Waals surface area (Å²) >= 11 is 4.40. The zero-order chi connectivity index (χ0) is 21.7. The fourth-order valence-corrected chi connectivity index (χ4v) is 7.87. The van der Waals surface area contributed by atoms with Crippen molar-refractivity contribution >= 4 is 67.3 Å². The molecule has 1 atom stereocenters. The number of anilines is 2. The average molecular weight is 474 g/mol. The molecule has 5 N–H and O–H groups in total. The van der Waals surface area contributed by atoms with Gasteiger partial charge in [-0.15, -0.1) is 22.7 Å². The van der Waals surface area contributed by atoms with Crippen LogP contribution in [0.3, 0.4) is 0 Å². The van der Waals surface area contributed by atoms with Crippen LogP contribution < -0.4 is 16.8 Å². The molecule has 0 spiro atoms. The van der Waals surface area contributed by atoms with Gasteiger partial charge in [-0.25, -0.2) is 9.97 Å². The normalized spacial score (nSPS) is 17.5. The number of nitrogen functional groups attached to an aromatic ring is 1. The van der Waals surface area contributed by atoms with Gasteiger partial charge >= 0.3 is 0 Å². The number of hydrogen-bond donors (Lipinski definition) is 3. The molecular weight excluding hydrogens is 450 g/mol. The molecule has 3 heterocycles. The number of carbonyl (C=O) groups is 2. The van der Waals surface area contributed by atoms with Crippen molar-refractivity contribution in [2.24, 2.45) is 11.7 Å². The number of nitrogens with one attached hydrogen (secondary N) is 1. The molecule has 0 fully saturated rings. The number of aromatic nitrogens is 2. The Bertz CT molecular complexity index is 1220. The van der Waals surface area contributed by atoms with E-state index in [-0.39, 0.29) is 11.7 Å². The van der Waals surface area contributed by atoms with Gasteiger partial charge in [0.15, 0.2) is 5.16 Å². The van der Waals surface area contributed by atoms with Crippen LogP contribution in [0.1, 0.15) is 51.0 Å². The first-order chi connectivity index (χ1) is 14.9. The second kappa shape index (κ2) is 8.07. The van der Waals surface area contributed by atoms with Gasteiger partial charge in [-0.1, -0.05) is 18.7 Å². The highest BCUT2D eigenvalue weighted by molar-refractivity contribution is 7.99. The second-order valence-corrected chi connectivity index (χ2v) is 11.3. The Morgan fingerprint density at radius 1 is 1.16 bits per heavy atom. The Morgan fingerprint density at radius 3 is 2.81 bits per heavy atom. The summed E-state index contributed by atoms with van der Waals surface area (Å²) in [4.78, 5) is 37.0. The predicted molar refractivity (Wildman–Crippen MR) is 127 cm³/mol. The third-order valence-corrected chi connectivity index (χ3v) is 9.12. The maximum atomic E-state index is 12.6. The number of thiophene rings is 2. The second-order valence-electron chi connectivity index (χ2n) is 8.19. The summed E-state index contributed by atoms with van der Waals surface area (Å²) in [6, 6.07) is 0. The first kappa shape index (κ1) is 20.7. The van der Waals surface area contributed by atoms with E-state index in [0.29, 0.717) is 27.5 Å². The van der Waals surface area contributed by atoms with Gasteiger partial charge in [-0.05, 0) is 55.6 Å². The van der Waals surface area contributed by atoms with E-state index >= 15 is 0 Å². The molecule has 2 aliphatic rings. The molecule has 0 saturated carbocycles. The van der Waals surface area contributed by atoms with Crippen LogP contribution in [0.15, 0.2) is 5.16 Å². The van der Waals surface area contributed by atoms with Crippen LogP contribution in [-0.2, 0) is 30.5 Å². The van der Waals surface area contributed by atoms with E-state index in [9.17, 15) is 9.59 Å². The predicted octanol–water partition coefficient (Wildman–Crippen LogP) is 3.78. The number of nitrogens with two attached hydrogens (primary N) is 2. The van der Waals surface area contributed by atoms with E-state index in [4.69, 9.17) is 11.5 Å².